The molecule has 4 nitrogen and oxygen atoms in total. The summed E-state index contributed by atoms with van der Waals surface area (Å²) < 4.78 is 5.29. The van der Waals surface area contributed by atoms with E-state index >= 15 is 0 Å². The van der Waals surface area contributed by atoms with Crippen LogP contribution in [0.25, 0.3) is 0 Å². The van der Waals surface area contributed by atoms with Crippen molar-refractivity contribution in [1.29, 1.82) is 0 Å². The Bertz CT molecular complexity index is 422. The Kier molecular flexibility index (Phi) is 2.54. The third-order valence-corrected chi connectivity index (χ3v) is 3.57. The lowest BCUT2D eigenvalue weighted by Gasteiger charge is -2.35. The minimum atomic E-state index is -1.39. The zero-order valence-electron chi connectivity index (χ0n) is 7.53. The number of carbonyl (C=O) groups excluding carboxylic acids is 1. The summed E-state index contributed by atoms with van der Waals surface area (Å²) in [6.07, 6.45) is 0. The van der Waals surface area contributed by atoms with Crippen LogP contribution in [-0.4, -0.2) is 30.1 Å². The van der Waals surface area contributed by atoms with Gasteiger partial charge < -0.3 is 9.84 Å². The first-order valence-corrected chi connectivity index (χ1v) is 5.37. The number of ether oxygens (including phenoxy) is 1. The second kappa shape index (κ2) is 3.59. The molecule has 1 aromatic rings. The number of rotatable bonds is 3. The second-order valence-corrected chi connectivity index (χ2v) is 5.03. The molecule has 1 aromatic heterocycles. The Morgan fingerprint density at radius 3 is 2.47 bits per heavy atom. The zero-order valence-corrected chi connectivity index (χ0v) is 9.10. The molecule has 0 bridgehead atoms. The van der Waals surface area contributed by atoms with Crippen LogP contribution in [0.3, 0.4) is 0 Å². The van der Waals surface area contributed by atoms with Gasteiger partial charge >= 0.3 is 5.97 Å². The summed E-state index contributed by atoms with van der Waals surface area (Å²) in [5.74, 6) is -1.55. The first-order chi connectivity index (χ1) is 7.06. The fourth-order valence-electron chi connectivity index (χ4n) is 1.33. The zero-order chi connectivity index (χ0) is 11.1. The smallest absolute Gasteiger partial charge is 0.322 e. The number of thiophene rings is 1. The van der Waals surface area contributed by atoms with Gasteiger partial charge in [0.15, 0.2) is 11.2 Å². The lowest BCUT2D eigenvalue weighted by atomic mass is 9.81. The summed E-state index contributed by atoms with van der Waals surface area (Å²) in [7, 11) is 0. The van der Waals surface area contributed by atoms with Gasteiger partial charge in [-0.05, 0) is 12.1 Å². The van der Waals surface area contributed by atoms with Crippen LogP contribution in [0.2, 0.25) is 4.34 Å². The van der Waals surface area contributed by atoms with Gasteiger partial charge in [-0.2, -0.15) is 0 Å². The number of ketones is 1. The number of hydrogen-bond donors (Lipinski definition) is 1. The van der Waals surface area contributed by atoms with E-state index in [9.17, 15) is 9.59 Å². The van der Waals surface area contributed by atoms with Gasteiger partial charge in [0.25, 0.3) is 0 Å². The average molecular weight is 247 g/mol. The predicted octanol–water partition coefficient (Wildman–Crippen LogP) is 1.69. The minimum absolute atomic E-state index is 0.0588. The summed E-state index contributed by atoms with van der Waals surface area (Å²) in [5, 5.41) is 8.99. The highest BCUT2D eigenvalue weighted by Crippen LogP contribution is 2.35. The van der Waals surface area contributed by atoms with E-state index in [0.717, 1.165) is 11.3 Å². The van der Waals surface area contributed by atoms with Gasteiger partial charge in [0.2, 0.25) is 0 Å². The normalized spacial score (nSPS) is 18.2. The Labute approximate surface area is 94.4 Å². The largest absolute Gasteiger partial charge is 0.480 e. The van der Waals surface area contributed by atoms with Gasteiger partial charge in [0.05, 0.1) is 22.4 Å². The van der Waals surface area contributed by atoms with Crippen molar-refractivity contribution >= 4 is 34.7 Å². The van der Waals surface area contributed by atoms with Gasteiger partial charge in [-0.25, -0.2) is 0 Å². The van der Waals surface area contributed by atoms with Crippen LogP contribution in [0.15, 0.2) is 12.1 Å². The molecule has 0 amide bonds. The molecule has 15 heavy (non-hydrogen) atoms. The fourth-order valence-corrected chi connectivity index (χ4v) is 2.41. The Morgan fingerprint density at radius 2 is 2.13 bits per heavy atom. The summed E-state index contributed by atoms with van der Waals surface area (Å²) in [4.78, 5) is 23.3. The number of hydrogen-bond acceptors (Lipinski definition) is 4. The lowest BCUT2D eigenvalue weighted by Crippen LogP contribution is -2.54. The Morgan fingerprint density at radius 1 is 1.47 bits per heavy atom. The molecule has 2 rings (SSSR count). The molecule has 1 aliphatic heterocycles. The first kappa shape index (κ1) is 10.6. The van der Waals surface area contributed by atoms with Gasteiger partial charge in [-0.15, -0.1) is 11.3 Å². The molecule has 1 N–H and O–H groups in total. The minimum Gasteiger partial charge on any atom is -0.480 e. The molecule has 2 heterocycles. The lowest BCUT2D eigenvalue weighted by molar-refractivity contribution is -0.168. The van der Waals surface area contributed by atoms with Crippen LogP contribution < -0.4 is 0 Å². The quantitative estimate of drug-likeness (QED) is 0.651. The summed E-state index contributed by atoms with van der Waals surface area (Å²) in [6, 6.07) is 3.12. The summed E-state index contributed by atoms with van der Waals surface area (Å²) in [5.41, 5.74) is -1.39. The van der Waals surface area contributed by atoms with Crippen LogP contribution in [0.4, 0.5) is 0 Å². The van der Waals surface area contributed by atoms with Crippen molar-refractivity contribution in [3.8, 4) is 0 Å². The van der Waals surface area contributed by atoms with Crippen molar-refractivity contribution in [1.82, 2.24) is 0 Å². The highest BCUT2D eigenvalue weighted by atomic mass is 35.5. The van der Waals surface area contributed by atoms with Crippen molar-refractivity contribution in [2.75, 3.05) is 13.2 Å². The molecule has 0 spiro atoms. The number of carboxylic acid groups (broad SMARTS) is 1. The first-order valence-electron chi connectivity index (χ1n) is 4.17. The molecule has 1 aliphatic rings. The van der Waals surface area contributed by atoms with Crippen molar-refractivity contribution in [3.63, 3.8) is 0 Å². The molecular weight excluding hydrogens is 240 g/mol. The summed E-state index contributed by atoms with van der Waals surface area (Å²) in [6.45, 7) is -0.118. The molecule has 80 valence electrons. The van der Waals surface area contributed by atoms with Crippen molar-refractivity contribution in [2.45, 2.75) is 0 Å². The van der Waals surface area contributed by atoms with Crippen molar-refractivity contribution < 1.29 is 19.4 Å². The number of carboxylic acids is 1. The van der Waals surface area contributed by atoms with Gasteiger partial charge in [0.1, 0.15) is 0 Å². The monoisotopic (exact) mass is 246 g/mol. The topological polar surface area (TPSA) is 63.6 Å². The maximum atomic E-state index is 11.9. The van der Waals surface area contributed by atoms with Gasteiger partial charge in [0, 0.05) is 0 Å². The van der Waals surface area contributed by atoms with E-state index in [1.165, 1.54) is 0 Å². The average Bonchev–Trinajstić information content (AvgIpc) is 2.48. The van der Waals surface area contributed by atoms with Crippen LogP contribution in [0, 0.1) is 5.41 Å². The number of carbonyl (C=O) groups is 2. The molecule has 0 unspecified atom stereocenters. The molecule has 0 radical (unpaired) electrons. The van der Waals surface area contributed by atoms with E-state index in [1.807, 2.05) is 0 Å². The Balaban J connectivity index is 2.31. The highest BCUT2D eigenvalue weighted by Gasteiger charge is 2.53. The number of halogens is 1. The molecule has 0 aliphatic carbocycles. The van der Waals surface area contributed by atoms with Crippen LogP contribution >= 0.6 is 22.9 Å². The van der Waals surface area contributed by atoms with E-state index in [0.29, 0.717) is 9.21 Å². The van der Waals surface area contributed by atoms with Crippen LogP contribution in [0.1, 0.15) is 9.67 Å². The predicted molar refractivity (Wildman–Crippen MR) is 54.5 cm³/mol. The van der Waals surface area contributed by atoms with E-state index in [2.05, 4.69) is 0 Å². The molecule has 6 heteroatoms. The molecule has 0 atom stereocenters. The SMILES string of the molecule is O=C(O)C1(C(=O)c2ccc(Cl)s2)COC1. The maximum absolute atomic E-state index is 11.9. The van der Waals surface area contributed by atoms with E-state index in [4.69, 9.17) is 21.4 Å². The number of aliphatic carboxylic acids is 1. The van der Waals surface area contributed by atoms with Crippen LogP contribution in [-0.2, 0) is 9.53 Å². The molecular formula is C9H7ClO4S. The molecule has 0 aromatic carbocycles. The summed E-state index contributed by atoms with van der Waals surface area (Å²) >= 11 is 6.77. The fraction of sp³-hybridized carbons (Fsp3) is 0.333. The Hall–Kier alpha value is -0.910. The van der Waals surface area contributed by atoms with E-state index < -0.39 is 17.2 Å². The van der Waals surface area contributed by atoms with Crippen molar-refractivity contribution in [2.24, 2.45) is 5.41 Å². The third-order valence-electron chi connectivity index (χ3n) is 2.34. The third kappa shape index (κ3) is 1.56. The van der Waals surface area contributed by atoms with Crippen molar-refractivity contribution in [3.05, 3.63) is 21.3 Å². The van der Waals surface area contributed by atoms with Gasteiger partial charge in [-0.1, -0.05) is 11.6 Å². The molecule has 1 fully saturated rings. The van der Waals surface area contributed by atoms with E-state index in [1.54, 1.807) is 12.1 Å². The second-order valence-electron chi connectivity index (χ2n) is 3.31. The van der Waals surface area contributed by atoms with Crippen LogP contribution in [0.5, 0.6) is 0 Å². The standard InChI is InChI=1S/C9H7ClO4S/c10-6-2-1-5(15-6)7(11)9(8(12)13)3-14-4-9/h1-2H,3-4H2,(H,12,13). The van der Waals surface area contributed by atoms with Gasteiger partial charge in [-0.3, -0.25) is 9.59 Å². The number of Topliss-reactive ketones (excluding diaryl/α,β-unsaturated/α-hetero) is 1. The molecule has 0 saturated carbocycles. The molecule has 1 saturated heterocycles. The maximum Gasteiger partial charge on any atom is 0.322 e. The highest BCUT2D eigenvalue weighted by molar-refractivity contribution is 7.18. The van der Waals surface area contributed by atoms with E-state index in [-0.39, 0.29) is 13.2 Å².